The molecule has 1 aliphatic heterocycles. The highest BCUT2D eigenvalue weighted by molar-refractivity contribution is 7.09. The summed E-state index contributed by atoms with van der Waals surface area (Å²) in [6.07, 6.45) is 1.89. The highest BCUT2D eigenvalue weighted by Crippen LogP contribution is 2.31. The molecule has 2 aromatic carbocycles. The normalized spacial score (nSPS) is 13.9. The Morgan fingerprint density at radius 2 is 1.85 bits per heavy atom. The topological polar surface area (TPSA) is 102 Å². The summed E-state index contributed by atoms with van der Waals surface area (Å²) < 4.78 is 5.86. The summed E-state index contributed by atoms with van der Waals surface area (Å²) in [5, 5.41) is 16.3. The van der Waals surface area contributed by atoms with Crippen molar-refractivity contribution in [1.82, 2.24) is 10.2 Å². The predicted molar refractivity (Wildman–Crippen MR) is 129 cm³/mol. The van der Waals surface area contributed by atoms with E-state index >= 15 is 0 Å². The molecular formula is C25H25N3O5S. The number of amides is 2. The van der Waals surface area contributed by atoms with E-state index in [2.05, 4.69) is 5.32 Å². The molecule has 8 nitrogen and oxygen atoms in total. The van der Waals surface area contributed by atoms with Gasteiger partial charge in [-0.1, -0.05) is 24.3 Å². The van der Waals surface area contributed by atoms with Crippen molar-refractivity contribution >= 4 is 28.8 Å². The molecular weight excluding hydrogens is 454 g/mol. The lowest BCUT2D eigenvalue weighted by Crippen LogP contribution is -2.43. The number of non-ortho nitro benzene ring substituents is 1. The van der Waals surface area contributed by atoms with E-state index in [4.69, 9.17) is 4.74 Å². The van der Waals surface area contributed by atoms with Gasteiger partial charge in [-0.15, -0.1) is 11.3 Å². The molecule has 1 fully saturated rings. The molecule has 0 aliphatic carbocycles. The van der Waals surface area contributed by atoms with Crippen LogP contribution in [0, 0.1) is 16.0 Å². The molecule has 4 rings (SSSR count). The second-order valence-electron chi connectivity index (χ2n) is 8.04. The van der Waals surface area contributed by atoms with Crippen LogP contribution in [0.3, 0.4) is 0 Å². The maximum atomic E-state index is 13.3. The fourth-order valence-corrected chi connectivity index (χ4v) is 4.64. The minimum absolute atomic E-state index is 0.00658. The van der Waals surface area contributed by atoms with Crippen LogP contribution in [-0.4, -0.2) is 41.3 Å². The lowest BCUT2D eigenvalue weighted by atomic mass is 9.95. The summed E-state index contributed by atoms with van der Waals surface area (Å²) in [7, 11) is 0. The van der Waals surface area contributed by atoms with E-state index in [1.807, 2.05) is 23.6 Å². The Bertz CT molecular complexity index is 1140. The van der Waals surface area contributed by atoms with E-state index in [1.165, 1.54) is 23.1 Å². The second kappa shape index (κ2) is 10.9. The predicted octanol–water partition coefficient (Wildman–Crippen LogP) is 4.66. The van der Waals surface area contributed by atoms with Crippen molar-refractivity contribution in [2.75, 3.05) is 19.6 Å². The zero-order valence-corrected chi connectivity index (χ0v) is 19.3. The van der Waals surface area contributed by atoms with Gasteiger partial charge in [0.1, 0.15) is 11.5 Å². The summed E-state index contributed by atoms with van der Waals surface area (Å²) in [5.74, 6) is 0.300. The van der Waals surface area contributed by atoms with Gasteiger partial charge in [0.25, 0.3) is 11.6 Å². The number of hydrogen-bond acceptors (Lipinski definition) is 6. The van der Waals surface area contributed by atoms with Gasteiger partial charge in [-0.25, -0.2) is 0 Å². The first-order valence-corrected chi connectivity index (χ1v) is 12.0. The number of thiophene rings is 1. The van der Waals surface area contributed by atoms with Crippen molar-refractivity contribution in [1.29, 1.82) is 0 Å². The molecule has 1 N–H and O–H groups in total. The Hall–Kier alpha value is -3.72. The average molecular weight is 480 g/mol. The molecule has 0 atom stereocenters. The first-order chi connectivity index (χ1) is 16.5. The zero-order valence-electron chi connectivity index (χ0n) is 18.5. The van der Waals surface area contributed by atoms with Crippen LogP contribution in [0.1, 0.15) is 28.1 Å². The molecule has 0 spiro atoms. The van der Waals surface area contributed by atoms with Crippen LogP contribution in [0.4, 0.5) is 5.69 Å². The van der Waals surface area contributed by atoms with Gasteiger partial charge in [-0.3, -0.25) is 19.7 Å². The number of para-hydroxylation sites is 1. The van der Waals surface area contributed by atoms with E-state index in [0.29, 0.717) is 38.2 Å². The van der Waals surface area contributed by atoms with Gasteiger partial charge in [-0.05, 0) is 48.9 Å². The smallest absolute Gasteiger partial charge is 0.270 e. The number of hydrogen-bond donors (Lipinski definition) is 1. The van der Waals surface area contributed by atoms with Gasteiger partial charge in [0.15, 0.2) is 0 Å². The molecule has 0 bridgehead atoms. The molecule has 1 aliphatic rings. The number of nitrogens with zero attached hydrogens (tertiary/aromatic N) is 2. The number of carbonyl (C=O) groups excluding carboxylic acids is 2. The SMILES string of the molecule is O=C(NCCc1cccs1)C1CCN(C(=O)c2cc([N+](=O)[O-])ccc2Oc2ccccc2)CC1. The van der Waals surface area contributed by atoms with Crippen LogP contribution in [0.5, 0.6) is 11.5 Å². The van der Waals surface area contributed by atoms with Gasteiger partial charge in [0.05, 0.1) is 10.5 Å². The van der Waals surface area contributed by atoms with Crippen molar-refractivity contribution in [3.63, 3.8) is 0 Å². The molecule has 2 heterocycles. The summed E-state index contributed by atoms with van der Waals surface area (Å²) in [5.41, 5.74) is -0.0410. The third-order valence-corrected chi connectivity index (χ3v) is 6.72. The molecule has 1 aromatic heterocycles. The first-order valence-electron chi connectivity index (χ1n) is 11.1. The van der Waals surface area contributed by atoms with Gasteiger partial charge in [-0.2, -0.15) is 0 Å². The Kier molecular flexibility index (Phi) is 7.54. The number of ether oxygens (including phenoxy) is 1. The molecule has 0 unspecified atom stereocenters. The lowest BCUT2D eigenvalue weighted by Gasteiger charge is -2.31. The highest BCUT2D eigenvalue weighted by Gasteiger charge is 2.30. The van der Waals surface area contributed by atoms with E-state index < -0.39 is 4.92 Å². The van der Waals surface area contributed by atoms with Crippen LogP contribution < -0.4 is 10.1 Å². The minimum atomic E-state index is -0.532. The van der Waals surface area contributed by atoms with Gasteiger partial charge in [0, 0.05) is 42.6 Å². The second-order valence-corrected chi connectivity index (χ2v) is 9.07. The van der Waals surface area contributed by atoms with Crippen molar-refractivity contribution in [2.45, 2.75) is 19.3 Å². The Morgan fingerprint density at radius 1 is 1.09 bits per heavy atom. The Labute approximate surface area is 201 Å². The third kappa shape index (κ3) is 5.79. The molecule has 34 heavy (non-hydrogen) atoms. The molecule has 1 saturated heterocycles. The number of benzene rings is 2. The number of nitrogens with one attached hydrogen (secondary N) is 1. The quantitative estimate of drug-likeness (QED) is 0.374. The summed E-state index contributed by atoms with van der Waals surface area (Å²) in [4.78, 5) is 39.5. The van der Waals surface area contributed by atoms with Crippen LogP contribution in [-0.2, 0) is 11.2 Å². The number of likely N-dealkylation sites (tertiary alicyclic amines) is 1. The maximum absolute atomic E-state index is 13.3. The van der Waals surface area contributed by atoms with Crippen molar-refractivity contribution in [3.8, 4) is 11.5 Å². The lowest BCUT2D eigenvalue weighted by molar-refractivity contribution is -0.384. The number of rotatable bonds is 8. The maximum Gasteiger partial charge on any atom is 0.270 e. The summed E-state index contributed by atoms with van der Waals surface area (Å²) in [6.45, 7) is 1.39. The van der Waals surface area contributed by atoms with Crippen molar-refractivity contribution in [3.05, 3.63) is 86.6 Å². The minimum Gasteiger partial charge on any atom is -0.457 e. The van der Waals surface area contributed by atoms with Gasteiger partial charge in [0.2, 0.25) is 5.91 Å². The van der Waals surface area contributed by atoms with Crippen LogP contribution in [0.25, 0.3) is 0 Å². The first kappa shape index (κ1) is 23.4. The third-order valence-electron chi connectivity index (χ3n) is 5.78. The van der Waals surface area contributed by atoms with Crippen LogP contribution in [0.2, 0.25) is 0 Å². The average Bonchev–Trinajstić information content (AvgIpc) is 3.38. The fraction of sp³-hybridized carbons (Fsp3) is 0.280. The van der Waals surface area contributed by atoms with E-state index in [-0.39, 0.29) is 34.7 Å². The highest BCUT2D eigenvalue weighted by atomic mass is 32.1. The molecule has 2 amide bonds. The fourth-order valence-electron chi connectivity index (χ4n) is 3.93. The Morgan fingerprint density at radius 3 is 2.53 bits per heavy atom. The molecule has 176 valence electrons. The molecule has 9 heteroatoms. The zero-order chi connectivity index (χ0) is 23.9. The van der Waals surface area contributed by atoms with Crippen LogP contribution in [0.15, 0.2) is 66.0 Å². The molecule has 0 saturated carbocycles. The van der Waals surface area contributed by atoms with Crippen LogP contribution >= 0.6 is 11.3 Å². The number of piperidine rings is 1. The van der Waals surface area contributed by atoms with Gasteiger partial charge < -0.3 is 15.0 Å². The van der Waals surface area contributed by atoms with E-state index in [9.17, 15) is 19.7 Å². The summed E-state index contributed by atoms with van der Waals surface area (Å²) in [6, 6.07) is 17.0. The Balaban J connectivity index is 1.39. The van der Waals surface area contributed by atoms with Gasteiger partial charge >= 0.3 is 0 Å². The summed E-state index contributed by atoms with van der Waals surface area (Å²) >= 11 is 1.67. The van der Waals surface area contributed by atoms with E-state index in [1.54, 1.807) is 40.5 Å². The molecule has 3 aromatic rings. The largest absolute Gasteiger partial charge is 0.457 e. The van der Waals surface area contributed by atoms with E-state index in [0.717, 1.165) is 6.42 Å². The molecule has 0 radical (unpaired) electrons. The number of nitro groups is 1. The van der Waals surface area contributed by atoms with Crippen molar-refractivity contribution < 1.29 is 19.2 Å². The number of carbonyl (C=O) groups is 2. The number of nitro benzene ring substituents is 1. The van der Waals surface area contributed by atoms with Crippen molar-refractivity contribution in [2.24, 2.45) is 5.92 Å². The monoisotopic (exact) mass is 479 g/mol. The standard InChI is InChI=1S/C25H25N3O5S/c29-24(26-13-10-21-7-4-16-34-21)18-11-14-27(15-12-18)25(30)22-17-19(28(31)32)8-9-23(22)33-20-5-2-1-3-6-20/h1-9,16-18H,10-15H2,(H,26,29).